The second-order valence-electron chi connectivity index (χ2n) is 7.19. The van der Waals surface area contributed by atoms with Crippen molar-refractivity contribution in [3.05, 3.63) is 27.7 Å². The van der Waals surface area contributed by atoms with Crippen molar-refractivity contribution < 1.29 is 10.2 Å². The summed E-state index contributed by atoms with van der Waals surface area (Å²) in [6.45, 7) is 6.91. The summed E-state index contributed by atoms with van der Waals surface area (Å²) in [5.41, 5.74) is 0.924. The van der Waals surface area contributed by atoms with E-state index in [4.69, 9.17) is 0 Å². The first-order valence-corrected chi connectivity index (χ1v) is 8.29. The lowest BCUT2D eigenvalue weighted by Crippen LogP contribution is -2.39. The van der Waals surface area contributed by atoms with E-state index >= 15 is 0 Å². The summed E-state index contributed by atoms with van der Waals surface area (Å²) in [6.07, 6.45) is 3.33. The largest absolute Gasteiger partial charge is 0.503 e. The molecule has 0 spiro atoms. The van der Waals surface area contributed by atoms with Crippen LogP contribution in [0.25, 0.3) is 0 Å². The SMILES string of the molecule is CC1CC(C)CN(Cc2c(O)c(=O)cc(CO)n2C2CC2)C1. The van der Waals surface area contributed by atoms with Crippen LogP contribution in [0.5, 0.6) is 5.75 Å². The Morgan fingerprint density at radius 1 is 1.23 bits per heavy atom. The van der Waals surface area contributed by atoms with E-state index in [1.807, 2.05) is 4.57 Å². The summed E-state index contributed by atoms with van der Waals surface area (Å²) >= 11 is 0. The molecule has 1 aliphatic carbocycles. The number of rotatable bonds is 4. The van der Waals surface area contributed by atoms with Gasteiger partial charge in [0.2, 0.25) is 5.43 Å². The highest BCUT2D eigenvalue weighted by Gasteiger charge is 2.31. The molecular weight excluding hydrogens is 280 g/mol. The van der Waals surface area contributed by atoms with Gasteiger partial charge in [-0.15, -0.1) is 0 Å². The van der Waals surface area contributed by atoms with E-state index in [0.29, 0.717) is 35.8 Å². The zero-order valence-electron chi connectivity index (χ0n) is 13.5. The number of nitrogens with zero attached hydrogens (tertiary/aromatic N) is 2. The van der Waals surface area contributed by atoms with Crippen molar-refractivity contribution in [2.45, 2.75) is 52.3 Å². The molecule has 5 heteroatoms. The van der Waals surface area contributed by atoms with Crippen molar-refractivity contribution in [3.8, 4) is 5.75 Å². The molecule has 2 N–H and O–H groups in total. The Morgan fingerprint density at radius 2 is 1.86 bits per heavy atom. The monoisotopic (exact) mass is 306 g/mol. The molecule has 1 aromatic rings. The highest BCUT2D eigenvalue weighted by atomic mass is 16.3. The Kier molecular flexibility index (Phi) is 4.28. The van der Waals surface area contributed by atoms with Gasteiger partial charge in [-0.25, -0.2) is 0 Å². The third-order valence-corrected chi connectivity index (χ3v) is 4.80. The second-order valence-corrected chi connectivity index (χ2v) is 7.19. The lowest BCUT2D eigenvalue weighted by atomic mass is 9.92. The number of piperidine rings is 1. The van der Waals surface area contributed by atoms with Crippen LogP contribution in [0.15, 0.2) is 10.9 Å². The first-order valence-electron chi connectivity index (χ1n) is 8.29. The number of pyridine rings is 1. The Bertz CT molecular complexity index is 597. The summed E-state index contributed by atoms with van der Waals surface area (Å²) < 4.78 is 2.00. The lowest BCUT2D eigenvalue weighted by molar-refractivity contribution is 0.129. The van der Waals surface area contributed by atoms with Crippen molar-refractivity contribution >= 4 is 0 Å². The average Bonchev–Trinajstić information content (AvgIpc) is 3.27. The molecule has 2 fully saturated rings. The number of aliphatic hydroxyl groups excluding tert-OH is 1. The van der Waals surface area contributed by atoms with Crippen molar-refractivity contribution in [1.82, 2.24) is 9.47 Å². The number of aromatic nitrogens is 1. The quantitative estimate of drug-likeness (QED) is 0.891. The molecule has 2 atom stereocenters. The number of hydrogen-bond acceptors (Lipinski definition) is 4. The van der Waals surface area contributed by atoms with Gasteiger partial charge >= 0.3 is 0 Å². The number of aliphatic hydroxyl groups is 1. The van der Waals surface area contributed by atoms with Crippen LogP contribution in [0.1, 0.15) is 50.5 Å². The first-order chi connectivity index (χ1) is 10.5. The zero-order valence-corrected chi connectivity index (χ0v) is 13.5. The summed E-state index contributed by atoms with van der Waals surface area (Å²) in [6, 6.07) is 1.70. The minimum atomic E-state index is -0.381. The number of hydrogen-bond donors (Lipinski definition) is 2. The Morgan fingerprint density at radius 3 is 2.41 bits per heavy atom. The lowest BCUT2D eigenvalue weighted by Gasteiger charge is -2.35. The molecular formula is C17H26N2O3. The molecule has 122 valence electrons. The van der Waals surface area contributed by atoms with E-state index in [2.05, 4.69) is 18.7 Å². The molecule has 1 aliphatic heterocycles. The van der Waals surface area contributed by atoms with Gasteiger partial charge in [-0.05, 0) is 31.1 Å². The second kappa shape index (κ2) is 6.05. The van der Waals surface area contributed by atoms with E-state index in [9.17, 15) is 15.0 Å². The van der Waals surface area contributed by atoms with Gasteiger partial charge in [-0.3, -0.25) is 9.69 Å². The third-order valence-electron chi connectivity index (χ3n) is 4.80. The van der Waals surface area contributed by atoms with E-state index in [-0.39, 0.29) is 17.8 Å². The maximum absolute atomic E-state index is 12.0. The van der Waals surface area contributed by atoms with E-state index in [1.165, 1.54) is 12.5 Å². The standard InChI is InChI=1S/C17H26N2O3/c1-11-5-12(2)8-18(7-11)9-15-17(22)16(21)6-14(10-20)19(15)13-3-4-13/h6,11-13,20,22H,3-5,7-10H2,1-2H3. The van der Waals surface area contributed by atoms with Gasteiger partial charge in [0.15, 0.2) is 5.75 Å². The molecule has 0 bridgehead atoms. The summed E-state index contributed by atoms with van der Waals surface area (Å²) in [7, 11) is 0. The van der Waals surface area contributed by atoms with Gasteiger partial charge in [0, 0.05) is 37.4 Å². The predicted octanol–water partition coefficient (Wildman–Crippen LogP) is 1.86. The minimum absolute atomic E-state index is 0.144. The highest BCUT2D eigenvalue weighted by molar-refractivity contribution is 5.31. The molecule has 2 aliphatic rings. The first kappa shape index (κ1) is 15.6. The number of aromatic hydroxyl groups is 1. The van der Waals surface area contributed by atoms with Crippen LogP contribution in [-0.4, -0.2) is 32.8 Å². The fourth-order valence-corrected chi connectivity index (χ4v) is 3.91. The van der Waals surface area contributed by atoms with Gasteiger partial charge in [-0.1, -0.05) is 13.8 Å². The maximum Gasteiger partial charge on any atom is 0.223 e. The Hall–Kier alpha value is -1.33. The Balaban J connectivity index is 1.95. The molecule has 1 saturated heterocycles. The molecule has 0 aromatic carbocycles. The van der Waals surface area contributed by atoms with Crippen LogP contribution in [0.3, 0.4) is 0 Å². The molecule has 0 radical (unpaired) electrons. The topological polar surface area (TPSA) is 65.7 Å². The highest BCUT2D eigenvalue weighted by Crippen LogP contribution is 2.39. The zero-order chi connectivity index (χ0) is 15.9. The predicted molar refractivity (Wildman–Crippen MR) is 84.8 cm³/mol. The van der Waals surface area contributed by atoms with Crippen LogP contribution >= 0.6 is 0 Å². The maximum atomic E-state index is 12.0. The Labute approximate surface area is 131 Å². The normalized spacial score (nSPS) is 26.3. The molecule has 2 unspecified atom stereocenters. The van der Waals surface area contributed by atoms with Crippen molar-refractivity contribution in [2.75, 3.05) is 13.1 Å². The van der Waals surface area contributed by atoms with Crippen molar-refractivity contribution in [2.24, 2.45) is 11.8 Å². The summed E-state index contributed by atoms with van der Waals surface area (Å²) in [4.78, 5) is 14.3. The smallest absolute Gasteiger partial charge is 0.223 e. The summed E-state index contributed by atoms with van der Waals surface area (Å²) in [5, 5.41) is 19.9. The van der Waals surface area contributed by atoms with Crippen molar-refractivity contribution in [3.63, 3.8) is 0 Å². The summed E-state index contributed by atoms with van der Waals surface area (Å²) in [5.74, 6) is 1.12. The average molecular weight is 306 g/mol. The van der Waals surface area contributed by atoms with E-state index in [1.54, 1.807) is 0 Å². The molecule has 5 nitrogen and oxygen atoms in total. The minimum Gasteiger partial charge on any atom is -0.503 e. The van der Waals surface area contributed by atoms with Crippen molar-refractivity contribution in [1.29, 1.82) is 0 Å². The molecule has 0 amide bonds. The van der Waals surface area contributed by atoms with Crippen LogP contribution in [0.2, 0.25) is 0 Å². The molecule has 1 aromatic heterocycles. The van der Waals surface area contributed by atoms with Gasteiger partial charge in [0.1, 0.15) is 0 Å². The van der Waals surface area contributed by atoms with Gasteiger partial charge in [-0.2, -0.15) is 0 Å². The third kappa shape index (κ3) is 3.06. The van der Waals surface area contributed by atoms with Gasteiger partial charge in [0.25, 0.3) is 0 Å². The van der Waals surface area contributed by atoms with Gasteiger partial charge < -0.3 is 14.8 Å². The van der Waals surface area contributed by atoms with Gasteiger partial charge in [0.05, 0.1) is 12.3 Å². The van der Waals surface area contributed by atoms with Crippen LogP contribution < -0.4 is 5.43 Å². The van der Waals surface area contributed by atoms with Crippen LogP contribution in [0, 0.1) is 11.8 Å². The van der Waals surface area contributed by atoms with E-state index < -0.39 is 0 Å². The van der Waals surface area contributed by atoms with E-state index in [0.717, 1.165) is 25.9 Å². The fraction of sp³-hybridized carbons (Fsp3) is 0.706. The molecule has 22 heavy (non-hydrogen) atoms. The van der Waals surface area contributed by atoms with Crippen LogP contribution in [-0.2, 0) is 13.2 Å². The molecule has 3 rings (SSSR count). The van der Waals surface area contributed by atoms with Crippen LogP contribution in [0.4, 0.5) is 0 Å². The molecule has 1 saturated carbocycles. The molecule has 2 heterocycles. The number of likely N-dealkylation sites (tertiary alicyclic amines) is 1. The fourth-order valence-electron chi connectivity index (χ4n) is 3.91.